The van der Waals surface area contributed by atoms with Crippen LogP contribution in [-0.4, -0.2) is 23.9 Å². The number of alkyl halides is 1. The Balaban J connectivity index is 1.88. The molecule has 2 aromatic carbocycles. The van der Waals surface area contributed by atoms with Gasteiger partial charge in [0.1, 0.15) is 22.6 Å². The van der Waals surface area contributed by atoms with Gasteiger partial charge in [0.15, 0.2) is 0 Å². The minimum Gasteiger partial charge on any atom is -0.494 e. The maximum absolute atomic E-state index is 12.4. The van der Waals surface area contributed by atoms with Crippen LogP contribution < -0.4 is 14.2 Å². The van der Waals surface area contributed by atoms with Crippen molar-refractivity contribution in [1.29, 1.82) is 0 Å². The highest BCUT2D eigenvalue weighted by Crippen LogP contribution is 2.28. The Morgan fingerprint density at radius 2 is 1.56 bits per heavy atom. The Morgan fingerprint density at radius 3 is 2.19 bits per heavy atom. The van der Waals surface area contributed by atoms with Crippen molar-refractivity contribution in [2.24, 2.45) is 5.92 Å². The van der Waals surface area contributed by atoms with Gasteiger partial charge in [-0.15, -0.1) is 11.6 Å². The molecule has 0 aliphatic carbocycles. The van der Waals surface area contributed by atoms with Gasteiger partial charge in [-0.25, -0.2) is 4.79 Å². The first-order valence-electron chi connectivity index (χ1n) is 10.9. The molecule has 5 nitrogen and oxygen atoms in total. The van der Waals surface area contributed by atoms with Gasteiger partial charge >= 0.3 is 11.9 Å². The van der Waals surface area contributed by atoms with Crippen molar-refractivity contribution in [3.05, 3.63) is 53.1 Å². The number of esters is 2. The van der Waals surface area contributed by atoms with Gasteiger partial charge < -0.3 is 14.2 Å². The van der Waals surface area contributed by atoms with Gasteiger partial charge in [-0.05, 0) is 54.8 Å². The maximum atomic E-state index is 12.4. The van der Waals surface area contributed by atoms with Gasteiger partial charge in [-0.2, -0.15) is 0 Å². The summed E-state index contributed by atoms with van der Waals surface area (Å²) in [5.41, 5.74) is 0.230. The van der Waals surface area contributed by atoms with Crippen molar-refractivity contribution in [3.8, 4) is 17.2 Å². The molecule has 174 valence electrons. The van der Waals surface area contributed by atoms with E-state index in [-0.39, 0.29) is 22.3 Å². The number of hydrogen-bond acceptors (Lipinski definition) is 5. The fraction of sp³-hybridized carbons (Fsp3) is 0.440. The fourth-order valence-corrected chi connectivity index (χ4v) is 3.08. The van der Waals surface area contributed by atoms with E-state index in [0.29, 0.717) is 12.4 Å². The van der Waals surface area contributed by atoms with E-state index in [1.165, 1.54) is 37.5 Å². The zero-order valence-corrected chi connectivity index (χ0v) is 20.2. The molecule has 0 N–H and O–H groups in total. The fourth-order valence-electron chi connectivity index (χ4n) is 2.81. The molecule has 0 radical (unpaired) electrons. The Bertz CT molecular complexity index is 880. The van der Waals surface area contributed by atoms with Crippen molar-refractivity contribution in [3.63, 3.8) is 0 Å². The first kappa shape index (κ1) is 26.0. The topological polar surface area (TPSA) is 61.8 Å². The van der Waals surface area contributed by atoms with E-state index >= 15 is 0 Å². The molecule has 0 spiro atoms. The third kappa shape index (κ3) is 8.36. The summed E-state index contributed by atoms with van der Waals surface area (Å²) in [6.45, 7) is 6.48. The van der Waals surface area contributed by atoms with Gasteiger partial charge in [0.2, 0.25) is 0 Å². The number of hydrogen-bond donors (Lipinski definition) is 0. The van der Waals surface area contributed by atoms with Crippen LogP contribution in [-0.2, 0) is 4.79 Å². The summed E-state index contributed by atoms with van der Waals surface area (Å²) >= 11 is 12.2. The molecule has 0 saturated carbocycles. The monoisotopic (exact) mass is 480 g/mol. The van der Waals surface area contributed by atoms with Crippen molar-refractivity contribution in [1.82, 2.24) is 0 Å². The van der Waals surface area contributed by atoms with Crippen molar-refractivity contribution in [2.45, 2.75) is 58.3 Å². The average Bonchev–Trinajstić information content (AvgIpc) is 2.77. The second kappa shape index (κ2) is 13.3. The summed E-state index contributed by atoms with van der Waals surface area (Å²) in [4.78, 5) is 24.4. The SMILES string of the molecule is CCCCCCCOc1ccc(OC(=O)c2ccc(OC(=O)C(Cl)C(C)C)c(Cl)c2)cc1. The van der Waals surface area contributed by atoms with Crippen molar-refractivity contribution in [2.75, 3.05) is 6.61 Å². The van der Waals surface area contributed by atoms with E-state index in [9.17, 15) is 9.59 Å². The van der Waals surface area contributed by atoms with Crippen LogP contribution in [0.15, 0.2) is 42.5 Å². The number of halogens is 2. The molecular weight excluding hydrogens is 451 g/mol. The molecule has 0 aromatic heterocycles. The molecule has 0 amide bonds. The van der Waals surface area contributed by atoms with Crippen LogP contribution in [0.1, 0.15) is 63.2 Å². The van der Waals surface area contributed by atoms with Crippen LogP contribution in [0.5, 0.6) is 17.2 Å². The Kier molecular flexibility index (Phi) is 10.8. The number of benzene rings is 2. The highest BCUT2D eigenvalue weighted by Gasteiger charge is 2.22. The van der Waals surface area contributed by atoms with E-state index in [4.69, 9.17) is 37.4 Å². The van der Waals surface area contributed by atoms with E-state index in [2.05, 4.69) is 6.92 Å². The molecule has 1 unspecified atom stereocenters. The number of ether oxygens (including phenoxy) is 3. The molecule has 32 heavy (non-hydrogen) atoms. The van der Waals surface area contributed by atoms with Gasteiger partial charge in [0.25, 0.3) is 0 Å². The highest BCUT2D eigenvalue weighted by molar-refractivity contribution is 6.33. The van der Waals surface area contributed by atoms with Gasteiger partial charge in [-0.3, -0.25) is 4.79 Å². The summed E-state index contributed by atoms with van der Waals surface area (Å²) in [6, 6.07) is 11.2. The lowest BCUT2D eigenvalue weighted by molar-refractivity contribution is -0.134. The van der Waals surface area contributed by atoms with Crippen LogP contribution in [0.3, 0.4) is 0 Å². The van der Waals surface area contributed by atoms with E-state index in [1.54, 1.807) is 24.3 Å². The highest BCUT2D eigenvalue weighted by atomic mass is 35.5. The Labute approximate surface area is 200 Å². The lowest BCUT2D eigenvalue weighted by Crippen LogP contribution is -2.25. The van der Waals surface area contributed by atoms with E-state index < -0.39 is 17.3 Å². The number of carbonyl (C=O) groups is 2. The third-order valence-corrected chi connectivity index (χ3v) is 5.72. The van der Waals surface area contributed by atoms with Crippen LogP contribution in [0, 0.1) is 5.92 Å². The minimum atomic E-state index is -0.788. The maximum Gasteiger partial charge on any atom is 0.343 e. The smallest absolute Gasteiger partial charge is 0.343 e. The average molecular weight is 481 g/mol. The van der Waals surface area contributed by atoms with Crippen LogP contribution in [0.25, 0.3) is 0 Å². The normalized spacial score (nSPS) is 11.8. The summed E-state index contributed by atoms with van der Waals surface area (Å²) < 4.78 is 16.3. The van der Waals surface area contributed by atoms with Gasteiger partial charge in [-0.1, -0.05) is 58.1 Å². The summed E-state index contributed by atoms with van der Waals surface area (Å²) in [7, 11) is 0. The first-order chi connectivity index (χ1) is 15.3. The van der Waals surface area contributed by atoms with Crippen molar-refractivity contribution < 1.29 is 23.8 Å². The van der Waals surface area contributed by atoms with E-state index in [0.717, 1.165) is 18.6 Å². The molecule has 0 aliphatic heterocycles. The summed E-state index contributed by atoms with van der Waals surface area (Å²) in [5, 5.41) is -0.674. The predicted molar refractivity (Wildman–Crippen MR) is 127 cm³/mol. The number of carbonyl (C=O) groups excluding carboxylic acids is 2. The summed E-state index contributed by atoms with van der Waals surface area (Å²) in [5.74, 6) is -0.00301. The Morgan fingerprint density at radius 1 is 0.906 bits per heavy atom. The molecule has 2 rings (SSSR count). The Hall–Kier alpha value is -2.24. The summed E-state index contributed by atoms with van der Waals surface area (Å²) in [6.07, 6.45) is 5.89. The largest absolute Gasteiger partial charge is 0.494 e. The molecule has 0 bridgehead atoms. The molecule has 2 aromatic rings. The second-order valence-corrected chi connectivity index (χ2v) is 8.71. The molecule has 1 atom stereocenters. The van der Waals surface area contributed by atoms with Gasteiger partial charge in [0.05, 0.1) is 17.2 Å². The molecular formula is C25H30Cl2O5. The minimum absolute atomic E-state index is 0.0835. The van der Waals surface area contributed by atoms with Crippen LogP contribution in [0.2, 0.25) is 5.02 Å². The molecule has 0 heterocycles. The second-order valence-electron chi connectivity index (χ2n) is 7.84. The zero-order chi connectivity index (χ0) is 23.5. The lowest BCUT2D eigenvalue weighted by Gasteiger charge is -2.13. The first-order valence-corrected chi connectivity index (χ1v) is 11.7. The van der Waals surface area contributed by atoms with Gasteiger partial charge in [0, 0.05) is 0 Å². The van der Waals surface area contributed by atoms with E-state index in [1.807, 2.05) is 13.8 Å². The molecule has 0 aliphatic rings. The van der Waals surface area contributed by atoms with Crippen molar-refractivity contribution >= 4 is 35.1 Å². The quantitative estimate of drug-likeness (QED) is 0.140. The van der Waals surface area contributed by atoms with Crippen LogP contribution >= 0.6 is 23.2 Å². The molecule has 7 heteroatoms. The molecule has 0 fully saturated rings. The third-order valence-electron chi connectivity index (χ3n) is 4.74. The standard InChI is InChI=1S/C25H30Cl2O5/c1-4-5-6-7-8-15-30-19-10-12-20(13-11-19)31-24(28)18-9-14-22(21(26)16-18)32-25(29)23(27)17(2)3/h9-14,16-17,23H,4-8,15H2,1-3H3. The number of unbranched alkanes of at least 4 members (excludes halogenated alkanes) is 4. The lowest BCUT2D eigenvalue weighted by atomic mass is 10.1. The van der Waals surface area contributed by atoms with Crippen LogP contribution in [0.4, 0.5) is 0 Å². The number of rotatable bonds is 12. The zero-order valence-electron chi connectivity index (χ0n) is 18.7. The predicted octanol–water partition coefficient (Wildman–Crippen LogP) is 7.08. The molecule has 0 saturated heterocycles.